The molecular weight excluding hydrogens is 312 g/mol. The molecule has 1 aliphatic rings. The zero-order valence-electron chi connectivity index (χ0n) is 14.3. The number of nitriles is 1. The van der Waals surface area contributed by atoms with Crippen LogP contribution >= 0.6 is 0 Å². The lowest BCUT2D eigenvalue weighted by atomic mass is 9.83. The van der Waals surface area contributed by atoms with Crippen LogP contribution in [0.1, 0.15) is 24.5 Å². The molecule has 3 rings (SSSR count). The van der Waals surface area contributed by atoms with Crippen LogP contribution in [0.25, 0.3) is 11.1 Å². The van der Waals surface area contributed by atoms with Crippen molar-refractivity contribution >= 4 is 5.91 Å². The first-order valence-corrected chi connectivity index (χ1v) is 8.44. The van der Waals surface area contributed by atoms with Gasteiger partial charge in [0, 0.05) is 6.54 Å². The minimum Gasteiger partial charge on any atom is -0.344 e. The van der Waals surface area contributed by atoms with Crippen molar-refractivity contribution in [2.45, 2.75) is 24.9 Å². The van der Waals surface area contributed by atoms with E-state index in [0.29, 0.717) is 12.1 Å². The monoisotopic (exact) mass is 334 g/mol. The third kappa shape index (κ3) is 3.41. The lowest BCUT2D eigenvalue weighted by molar-refractivity contribution is -0.123. The van der Waals surface area contributed by atoms with Gasteiger partial charge in [-0.3, -0.25) is 4.79 Å². The van der Waals surface area contributed by atoms with E-state index in [1.54, 1.807) is 6.92 Å². The molecule has 1 saturated heterocycles. The Morgan fingerprint density at radius 2 is 2.04 bits per heavy atom. The fraction of sp³-hybridized carbons (Fsp3) is 0.300. The van der Waals surface area contributed by atoms with Gasteiger partial charge in [0.15, 0.2) is 0 Å². The molecule has 1 aliphatic heterocycles. The third-order valence-electron chi connectivity index (χ3n) is 4.69. The second-order valence-corrected chi connectivity index (χ2v) is 6.53. The molecule has 0 unspecified atom stereocenters. The molecule has 1 amide bonds. The maximum absolute atomic E-state index is 12.3. The number of rotatable bonds is 4. The molecule has 2 aromatic carbocycles. The Hall–Kier alpha value is -2.68. The molecule has 1 heterocycles. The van der Waals surface area contributed by atoms with Gasteiger partial charge in [0.2, 0.25) is 5.91 Å². The standard InChI is InChI=1S/C20H22N4O/c1-14(22)19(25)24-20(9-10-23-13-20)18-11-16(7-8-17(18)12-21)15-5-3-2-4-6-15/h2-8,11,14,23H,9-10,13,22H2,1H3,(H,24,25)/t14-,20+/m0/s1. The van der Waals surface area contributed by atoms with Gasteiger partial charge in [0.05, 0.1) is 23.2 Å². The van der Waals surface area contributed by atoms with Crippen molar-refractivity contribution in [3.63, 3.8) is 0 Å². The van der Waals surface area contributed by atoms with E-state index in [2.05, 4.69) is 16.7 Å². The van der Waals surface area contributed by atoms with Gasteiger partial charge in [0.1, 0.15) is 0 Å². The van der Waals surface area contributed by atoms with E-state index in [9.17, 15) is 10.1 Å². The van der Waals surface area contributed by atoms with Crippen molar-refractivity contribution in [1.29, 1.82) is 5.26 Å². The Morgan fingerprint density at radius 3 is 2.64 bits per heavy atom. The summed E-state index contributed by atoms with van der Waals surface area (Å²) in [6.07, 6.45) is 0.721. The number of carbonyl (C=O) groups is 1. The highest BCUT2D eigenvalue weighted by Crippen LogP contribution is 2.33. The summed E-state index contributed by atoms with van der Waals surface area (Å²) in [6, 6.07) is 17.5. The number of carbonyl (C=O) groups excluding carboxylic acids is 1. The molecule has 4 N–H and O–H groups in total. The lowest BCUT2D eigenvalue weighted by Gasteiger charge is -2.32. The van der Waals surface area contributed by atoms with Crippen LogP contribution in [0.15, 0.2) is 48.5 Å². The van der Waals surface area contributed by atoms with E-state index in [1.165, 1.54) is 0 Å². The van der Waals surface area contributed by atoms with E-state index in [-0.39, 0.29) is 5.91 Å². The summed E-state index contributed by atoms with van der Waals surface area (Å²) in [5.41, 5.74) is 8.66. The fourth-order valence-electron chi connectivity index (χ4n) is 3.29. The first-order valence-electron chi connectivity index (χ1n) is 8.44. The second-order valence-electron chi connectivity index (χ2n) is 6.53. The number of nitrogens with zero attached hydrogens (tertiary/aromatic N) is 1. The molecule has 25 heavy (non-hydrogen) atoms. The highest BCUT2D eigenvalue weighted by atomic mass is 16.2. The Morgan fingerprint density at radius 1 is 1.28 bits per heavy atom. The molecule has 5 heteroatoms. The predicted octanol–water partition coefficient (Wildman–Crippen LogP) is 1.88. The molecule has 0 spiro atoms. The van der Waals surface area contributed by atoms with Crippen molar-refractivity contribution < 1.29 is 4.79 Å². The van der Waals surface area contributed by atoms with Gasteiger partial charge in [-0.1, -0.05) is 36.4 Å². The van der Waals surface area contributed by atoms with Crippen LogP contribution in [0.5, 0.6) is 0 Å². The average Bonchev–Trinajstić information content (AvgIpc) is 3.11. The van der Waals surface area contributed by atoms with Crippen molar-refractivity contribution in [3.8, 4) is 17.2 Å². The zero-order valence-corrected chi connectivity index (χ0v) is 14.3. The third-order valence-corrected chi connectivity index (χ3v) is 4.69. The van der Waals surface area contributed by atoms with Crippen LogP contribution in [-0.2, 0) is 10.3 Å². The molecule has 0 saturated carbocycles. The summed E-state index contributed by atoms with van der Waals surface area (Å²) in [7, 11) is 0. The van der Waals surface area contributed by atoms with Crippen LogP contribution < -0.4 is 16.4 Å². The summed E-state index contributed by atoms with van der Waals surface area (Å²) in [6.45, 7) is 3.02. The van der Waals surface area contributed by atoms with Gasteiger partial charge < -0.3 is 16.4 Å². The molecule has 0 radical (unpaired) electrons. The SMILES string of the molecule is C[C@H](N)C(=O)N[C@]1(c2cc(-c3ccccc3)ccc2C#N)CCNC1. The number of hydrogen-bond acceptors (Lipinski definition) is 4. The van der Waals surface area contributed by atoms with Crippen LogP contribution in [0.3, 0.4) is 0 Å². The number of benzene rings is 2. The average molecular weight is 334 g/mol. The van der Waals surface area contributed by atoms with Crippen LogP contribution in [0, 0.1) is 11.3 Å². The van der Waals surface area contributed by atoms with Crippen LogP contribution in [0.4, 0.5) is 0 Å². The Labute approximate surface area is 147 Å². The Balaban J connectivity index is 2.09. The first-order chi connectivity index (χ1) is 12.1. The largest absolute Gasteiger partial charge is 0.344 e. The van der Waals surface area contributed by atoms with E-state index in [1.807, 2.05) is 48.5 Å². The summed E-state index contributed by atoms with van der Waals surface area (Å²) >= 11 is 0. The molecule has 128 valence electrons. The maximum atomic E-state index is 12.3. The summed E-state index contributed by atoms with van der Waals surface area (Å²) in [5.74, 6) is -0.210. The number of hydrogen-bond donors (Lipinski definition) is 3. The quantitative estimate of drug-likeness (QED) is 0.796. The molecule has 2 atom stereocenters. The molecule has 2 aromatic rings. The van der Waals surface area contributed by atoms with Crippen molar-refractivity contribution in [3.05, 3.63) is 59.7 Å². The molecule has 1 fully saturated rings. The smallest absolute Gasteiger partial charge is 0.237 e. The summed E-state index contributed by atoms with van der Waals surface area (Å²) < 4.78 is 0. The summed E-state index contributed by atoms with van der Waals surface area (Å²) in [5, 5.41) is 16.0. The fourth-order valence-corrected chi connectivity index (χ4v) is 3.29. The molecule has 0 aliphatic carbocycles. The van der Waals surface area contributed by atoms with Gasteiger partial charge in [-0.25, -0.2) is 0 Å². The van der Waals surface area contributed by atoms with Crippen molar-refractivity contribution in [2.75, 3.05) is 13.1 Å². The molecule has 0 bridgehead atoms. The highest BCUT2D eigenvalue weighted by molar-refractivity contribution is 5.82. The lowest BCUT2D eigenvalue weighted by Crippen LogP contribution is -2.52. The van der Waals surface area contributed by atoms with Gasteiger partial charge in [-0.05, 0) is 48.7 Å². The van der Waals surface area contributed by atoms with Gasteiger partial charge in [0.25, 0.3) is 0 Å². The highest BCUT2D eigenvalue weighted by Gasteiger charge is 2.39. The molecule has 5 nitrogen and oxygen atoms in total. The molecular formula is C20H22N4O. The van der Waals surface area contributed by atoms with Crippen LogP contribution in [-0.4, -0.2) is 25.0 Å². The topological polar surface area (TPSA) is 90.9 Å². The normalized spacial score (nSPS) is 20.7. The number of amides is 1. The van der Waals surface area contributed by atoms with E-state index in [4.69, 9.17) is 5.73 Å². The Bertz CT molecular complexity index is 802. The van der Waals surface area contributed by atoms with Gasteiger partial charge >= 0.3 is 0 Å². The number of nitrogens with two attached hydrogens (primary N) is 1. The Kier molecular flexibility index (Phi) is 4.84. The minimum atomic E-state index is -0.611. The first kappa shape index (κ1) is 17.2. The van der Waals surface area contributed by atoms with E-state index in [0.717, 1.165) is 29.7 Å². The molecule has 0 aromatic heterocycles. The summed E-state index contributed by atoms with van der Waals surface area (Å²) in [4.78, 5) is 12.3. The van der Waals surface area contributed by atoms with Gasteiger partial charge in [-0.15, -0.1) is 0 Å². The predicted molar refractivity (Wildman–Crippen MR) is 97.5 cm³/mol. The van der Waals surface area contributed by atoms with Gasteiger partial charge in [-0.2, -0.15) is 5.26 Å². The second kappa shape index (κ2) is 7.06. The van der Waals surface area contributed by atoms with E-state index < -0.39 is 11.6 Å². The van der Waals surface area contributed by atoms with Crippen molar-refractivity contribution in [2.24, 2.45) is 5.73 Å². The van der Waals surface area contributed by atoms with Crippen molar-refractivity contribution in [1.82, 2.24) is 10.6 Å². The van der Waals surface area contributed by atoms with Crippen LogP contribution in [0.2, 0.25) is 0 Å². The number of nitrogens with one attached hydrogen (secondary N) is 2. The minimum absolute atomic E-state index is 0.210. The zero-order chi connectivity index (χ0) is 17.9. The maximum Gasteiger partial charge on any atom is 0.237 e. The van der Waals surface area contributed by atoms with E-state index >= 15 is 0 Å².